The lowest BCUT2D eigenvalue weighted by molar-refractivity contribution is 0.0587. The van der Waals surface area contributed by atoms with Crippen molar-refractivity contribution >= 4 is 0 Å². The zero-order valence-electron chi connectivity index (χ0n) is 12.9. The highest BCUT2D eigenvalue weighted by molar-refractivity contribution is 5.28. The summed E-state index contributed by atoms with van der Waals surface area (Å²) in [7, 11) is 3.38. The molecule has 114 valence electrons. The molecule has 1 aromatic carbocycles. The van der Waals surface area contributed by atoms with Crippen LogP contribution in [-0.2, 0) is 15.9 Å². The fourth-order valence-corrected chi connectivity index (χ4v) is 1.99. The van der Waals surface area contributed by atoms with Crippen LogP contribution in [0.5, 0.6) is 5.75 Å². The van der Waals surface area contributed by atoms with Crippen molar-refractivity contribution < 1.29 is 14.2 Å². The van der Waals surface area contributed by atoms with Gasteiger partial charge in [-0.2, -0.15) is 0 Å². The van der Waals surface area contributed by atoms with E-state index in [0.29, 0.717) is 25.9 Å². The summed E-state index contributed by atoms with van der Waals surface area (Å²) in [5.74, 6) is 0.900. The van der Waals surface area contributed by atoms with Crippen LogP contribution in [0.4, 0.5) is 0 Å². The highest BCUT2D eigenvalue weighted by Gasteiger charge is 2.09. The normalized spacial score (nSPS) is 12.3. The smallest absolute Gasteiger partial charge is 0.119 e. The zero-order chi connectivity index (χ0) is 14.6. The van der Waals surface area contributed by atoms with Crippen LogP contribution in [0.25, 0.3) is 0 Å². The summed E-state index contributed by atoms with van der Waals surface area (Å²) in [4.78, 5) is 0. The van der Waals surface area contributed by atoms with Gasteiger partial charge in [-0.3, -0.25) is 0 Å². The minimum atomic E-state index is 0.318. The van der Waals surface area contributed by atoms with Gasteiger partial charge in [-0.1, -0.05) is 19.1 Å². The molecule has 0 spiro atoms. The standard InChI is InChI=1S/C16H27NO3/c1-4-8-17-15(13-20-10-9-18-2)11-14-6-5-7-16(12-14)19-3/h5-7,12,15,17H,4,8-11,13H2,1-3H3. The Morgan fingerprint density at radius 3 is 2.75 bits per heavy atom. The Bertz CT molecular complexity index is 357. The Kier molecular flexibility index (Phi) is 9.04. The number of hydrogen-bond donors (Lipinski definition) is 1. The monoisotopic (exact) mass is 281 g/mol. The fraction of sp³-hybridized carbons (Fsp3) is 0.625. The first-order chi connectivity index (χ1) is 9.80. The minimum Gasteiger partial charge on any atom is -0.497 e. The maximum atomic E-state index is 5.64. The summed E-state index contributed by atoms with van der Waals surface area (Å²) in [6, 6.07) is 8.51. The Labute approximate surface area is 122 Å². The SMILES string of the molecule is CCCNC(COCCOC)Cc1cccc(OC)c1. The molecule has 0 fully saturated rings. The van der Waals surface area contributed by atoms with E-state index in [4.69, 9.17) is 14.2 Å². The third-order valence-electron chi connectivity index (χ3n) is 3.05. The van der Waals surface area contributed by atoms with Crippen molar-refractivity contribution in [3.63, 3.8) is 0 Å². The summed E-state index contributed by atoms with van der Waals surface area (Å²) in [6.07, 6.45) is 2.05. The molecule has 1 rings (SSSR count). The van der Waals surface area contributed by atoms with Gasteiger partial charge in [0.25, 0.3) is 0 Å². The summed E-state index contributed by atoms with van der Waals surface area (Å²) in [5, 5.41) is 3.53. The topological polar surface area (TPSA) is 39.7 Å². The molecule has 0 aliphatic carbocycles. The highest BCUT2D eigenvalue weighted by Crippen LogP contribution is 2.14. The van der Waals surface area contributed by atoms with Crippen molar-refractivity contribution in [2.24, 2.45) is 0 Å². The third-order valence-corrected chi connectivity index (χ3v) is 3.05. The van der Waals surface area contributed by atoms with Gasteiger partial charge >= 0.3 is 0 Å². The average Bonchev–Trinajstić information content (AvgIpc) is 2.49. The van der Waals surface area contributed by atoms with Gasteiger partial charge in [-0.15, -0.1) is 0 Å². The van der Waals surface area contributed by atoms with Crippen LogP contribution in [-0.4, -0.2) is 46.6 Å². The van der Waals surface area contributed by atoms with E-state index in [1.165, 1.54) is 5.56 Å². The van der Waals surface area contributed by atoms with Crippen molar-refractivity contribution in [2.75, 3.05) is 40.6 Å². The number of nitrogens with one attached hydrogen (secondary N) is 1. The Morgan fingerprint density at radius 2 is 2.05 bits per heavy atom. The molecule has 1 N–H and O–H groups in total. The second-order valence-corrected chi connectivity index (χ2v) is 4.77. The van der Waals surface area contributed by atoms with Crippen LogP contribution in [0, 0.1) is 0 Å². The Hall–Kier alpha value is -1.10. The number of hydrogen-bond acceptors (Lipinski definition) is 4. The van der Waals surface area contributed by atoms with E-state index in [-0.39, 0.29) is 0 Å². The highest BCUT2D eigenvalue weighted by atomic mass is 16.5. The van der Waals surface area contributed by atoms with Gasteiger partial charge in [0.05, 0.1) is 26.9 Å². The van der Waals surface area contributed by atoms with Gasteiger partial charge in [0.1, 0.15) is 5.75 Å². The zero-order valence-corrected chi connectivity index (χ0v) is 12.9. The van der Waals surface area contributed by atoms with Gasteiger partial charge in [-0.25, -0.2) is 0 Å². The summed E-state index contributed by atoms with van der Waals surface area (Å²) in [6.45, 7) is 5.14. The molecule has 0 bridgehead atoms. The van der Waals surface area contributed by atoms with Crippen molar-refractivity contribution in [3.8, 4) is 5.75 Å². The van der Waals surface area contributed by atoms with E-state index in [1.807, 2.05) is 12.1 Å². The van der Waals surface area contributed by atoms with Crippen LogP contribution in [0.3, 0.4) is 0 Å². The van der Waals surface area contributed by atoms with Gasteiger partial charge in [-0.05, 0) is 37.1 Å². The molecular formula is C16H27NO3. The molecule has 1 atom stereocenters. The van der Waals surface area contributed by atoms with E-state index in [9.17, 15) is 0 Å². The maximum Gasteiger partial charge on any atom is 0.119 e. The first-order valence-electron chi connectivity index (χ1n) is 7.23. The number of rotatable bonds is 11. The average molecular weight is 281 g/mol. The predicted molar refractivity (Wildman–Crippen MR) is 81.5 cm³/mol. The second kappa shape index (κ2) is 10.7. The van der Waals surface area contributed by atoms with Crippen LogP contribution >= 0.6 is 0 Å². The molecule has 20 heavy (non-hydrogen) atoms. The molecular weight excluding hydrogens is 254 g/mol. The predicted octanol–water partition coefficient (Wildman–Crippen LogP) is 2.27. The molecule has 0 aliphatic rings. The lowest BCUT2D eigenvalue weighted by Gasteiger charge is -2.19. The fourth-order valence-electron chi connectivity index (χ4n) is 1.99. The molecule has 0 saturated heterocycles. The first-order valence-corrected chi connectivity index (χ1v) is 7.23. The van der Waals surface area contributed by atoms with Crippen LogP contribution in [0.15, 0.2) is 24.3 Å². The molecule has 1 aromatic rings. The van der Waals surface area contributed by atoms with Gasteiger partial charge in [0, 0.05) is 13.2 Å². The van der Waals surface area contributed by atoms with Crippen LogP contribution in [0.2, 0.25) is 0 Å². The van der Waals surface area contributed by atoms with Crippen molar-refractivity contribution in [3.05, 3.63) is 29.8 Å². The summed E-state index contributed by atoms with van der Waals surface area (Å²) < 4.78 is 15.9. The molecule has 0 aliphatic heterocycles. The van der Waals surface area contributed by atoms with Crippen molar-refractivity contribution in [1.29, 1.82) is 0 Å². The minimum absolute atomic E-state index is 0.318. The molecule has 0 heterocycles. The molecule has 0 aromatic heterocycles. The molecule has 0 saturated carbocycles. The van der Waals surface area contributed by atoms with Gasteiger partial charge in [0.2, 0.25) is 0 Å². The summed E-state index contributed by atoms with van der Waals surface area (Å²) in [5.41, 5.74) is 1.26. The molecule has 4 heteroatoms. The molecule has 0 amide bonds. The van der Waals surface area contributed by atoms with Crippen molar-refractivity contribution in [1.82, 2.24) is 5.32 Å². The third kappa shape index (κ3) is 6.89. The second-order valence-electron chi connectivity index (χ2n) is 4.77. The summed E-state index contributed by atoms with van der Waals surface area (Å²) >= 11 is 0. The quantitative estimate of drug-likeness (QED) is 0.632. The Morgan fingerprint density at radius 1 is 1.20 bits per heavy atom. The van der Waals surface area contributed by atoms with Crippen LogP contribution < -0.4 is 10.1 Å². The lowest BCUT2D eigenvalue weighted by atomic mass is 10.1. The van der Waals surface area contributed by atoms with Gasteiger partial charge < -0.3 is 19.5 Å². The number of methoxy groups -OCH3 is 2. The van der Waals surface area contributed by atoms with Crippen molar-refractivity contribution in [2.45, 2.75) is 25.8 Å². The van der Waals surface area contributed by atoms with E-state index >= 15 is 0 Å². The van der Waals surface area contributed by atoms with E-state index < -0.39 is 0 Å². The number of ether oxygens (including phenoxy) is 3. The molecule has 4 nitrogen and oxygen atoms in total. The van der Waals surface area contributed by atoms with Crippen LogP contribution in [0.1, 0.15) is 18.9 Å². The number of benzene rings is 1. The first kappa shape index (κ1) is 17.0. The maximum absolute atomic E-state index is 5.64. The van der Waals surface area contributed by atoms with E-state index in [1.54, 1.807) is 14.2 Å². The van der Waals surface area contributed by atoms with E-state index in [0.717, 1.165) is 25.1 Å². The molecule has 1 unspecified atom stereocenters. The Balaban J connectivity index is 2.48. The molecule has 0 radical (unpaired) electrons. The lowest BCUT2D eigenvalue weighted by Crippen LogP contribution is -2.36. The van der Waals surface area contributed by atoms with Gasteiger partial charge in [0.15, 0.2) is 0 Å². The largest absolute Gasteiger partial charge is 0.497 e. The van der Waals surface area contributed by atoms with E-state index in [2.05, 4.69) is 24.4 Å².